The molecular formula is C26H20F3NO5. The van der Waals surface area contributed by atoms with Crippen LogP contribution in [0.15, 0.2) is 65.6 Å². The molecule has 0 unspecified atom stereocenters. The Morgan fingerprint density at radius 3 is 2.26 bits per heavy atom. The molecule has 6 nitrogen and oxygen atoms in total. The van der Waals surface area contributed by atoms with Gasteiger partial charge in [-0.15, -0.1) is 0 Å². The number of nitrogens with zero attached hydrogens (tertiary/aromatic N) is 1. The third-order valence-electron chi connectivity index (χ3n) is 5.28. The van der Waals surface area contributed by atoms with Gasteiger partial charge in [0, 0.05) is 18.3 Å². The Kier molecular flexibility index (Phi) is 6.77. The molecule has 4 rings (SSSR count). The molecule has 0 aliphatic rings. The summed E-state index contributed by atoms with van der Waals surface area (Å²) in [5.74, 6) is -3.33. The van der Waals surface area contributed by atoms with Crippen molar-refractivity contribution < 1.29 is 32.2 Å². The number of carbonyl (C=O) groups excluding carboxylic acids is 1. The van der Waals surface area contributed by atoms with Crippen LogP contribution in [-0.2, 0) is 11.3 Å². The number of aromatic nitrogens is 1. The minimum atomic E-state index is -1.27. The molecule has 0 radical (unpaired) electrons. The second-order valence-electron chi connectivity index (χ2n) is 7.50. The number of benzene rings is 3. The second kappa shape index (κ2) is 9.92. The van der Waals surface area contributed by atoms with Gasteiger partial charge in [-0.2, -0.15) is 0 Å². The van der Waals surface area contributed by atoms with E-state index in [4.69, 9.17) is 14.2 Å². The maximum absolute atomic E-state index is 15.2. The highest BCUT2D eigenvalue weighted by atomic mass is 19.2. The molecular weight excluding hydrogens is 463 g/mol. The number of ether oxygens (including phenoxy) is 3. The summed E-state index contributed by atoms with van der Waals surface area (Å²) in [6, 6.07) is 12.5. The van der Waals surface area contributed by atoms with Gasteiger partial charge in [-0.3, -0.25) is 4.79 Å². The number of pyridine rings is 1. The van der Waals surface area contributed by atoms with Crippen LogP contribution in [0.5, 0.6) is 11.5 Å². The summed E-state index contributed by atoms with van der Waals surface area (Å²) in [4.78, 5) is 25.1. The first-order chi connectivity index (χ1) is 16.8. The SMILES string of the molecule is CCOC(=O)c1cn(-c2ccc(OCc3ccc(OC)cc3)cc2F)c2cc(F)c(F)cc2c1=O. The van der Waals surface area contributed by atoms with Gasteiger partial charge in [-0.1, -0.05) is 12.1 Å². The van der Waals surface area contributed by atoms with Crippen LogP contribution in [0.2, 0.25) is 0 Å². The van der Waals surface area contributed by atoms with Crippen LogP contribution < -0.4 is 14.9 Å². The fraction of sp³-hybridized carbons (Fsp3) is 0.154. The predicted octanol–water partition coefficient (Wildman–Crippen LogP) is 5.17. The molecule has 4 aromatic rings. The average molecular weight is 483 g/mol. The van der Waals surface area contributed by atoms with Crippen molar-refractivity contribution in [3.8, 4) is 17.2 Å². The zero-order chi connectivity index (χ0) is 25.1. The number of rotatable bonds is 7. The first-order valence-corrected chi connectivity index (χ1v) is 10.6. The summed E-state index contributed by atoms with van der Waals surface area (Å²) in [7, 11) is 1.56. The van der Waals surface area contributed by atoms with Gasteiger partial charge in [0.05, 0.1) is 30.3 Å². The zero-order valence-corrected chi connectivity index (χ0v) is 18.8. The highest BCUT2D eigenvalue weighted by Gasteiger charge is 2.20. The van der Waals surface area contributed by atoms with Gasteiger partial charge in [-0.05, 0) is 42.8 Å². The molecule has 0 saturated carbocycles. The topological polar surface area (TPSA) is 66.8 Å². The van der Waals surface area contributed by atoms with Crippen molar-refractivity contribution in [2.45, 2.75) is 13.5 Å². The quantitative estimate of drug-likeness (QED) is 0.339. The highest BCUT2D eigenvalue weighted by molar-refractivity contribution is 5.94. The number of halogens is 3. The first-order valence-electron chi connectivity index (χ1n) is 10.6. The number of hydrogen-bond donors (Lipinski definition) is 0. The fourth-order valence-corrected chi connectivity index (χ4v) is 3.53. The average Bonchev–Trinajstić information content (AvgIpc) is 2.85. The van der Waals surface area contributed by atoms with E-state index in [0.717, 1.165) is 28.5 Å². The van der Waals surface area contributed by atoms with Crippen LogP contribution in [0.25, 0.3) is 16.6 Å². The Balaban J connectivity index is 1.74. The molecule has 180 valence electrons. The fourth-order valence-electron chi connectivity index (χ4n) is 3.53. The number of esters is 1. The van der Waals surface area contributed by atoms with E-state index in [0.29, 0.717) is 11.8 Å². The minimum Gasteiger partial charge on any atom is -0.497 e. The van der Waals surface area contributed by atoms with Gasteiger partial charge in [0.2, 0.25) is 5.43 Å². The minimum absolute atomic E-state index is 0.0112. The number of carbonyl (C=O) groups is 1. The molecule has 0 amide bonds. The van der Waals surface area contributed by atoms with Crippen LogP contribution in [0.4, 0.5) is 13.2 Å². The molecule has 0 saturated heterocycles. The summed E-state index contributed by atoms with van der Waals surface area (Å²) >= 11 is 0. The van der Waals surface area contributed by atoms with Gasteiger partial charge >= 0.3 is 5.97 Å². The number of fused-ring (bicyclic) bond motifs is 1. The van der Waals surface area contributed by atoms with E-state index in [9.17, 15) is 18.4 Å². The van der Waals surface area contributed by atoms with E-state index >= 15 is 4.39 Å². The number of hydrogen-bond acceptors (Lipinski definition) is 5. The van der Waals surface area contributed by atoms with Crippen LogP contribution in [0.3, 0.4) is 0 Å². The van der Waals surface area contributed by atoms with E-state index in [1.165, 1.54) is 12.1 Å². The Labute approximate surface area is 198 Å². The highest BCUT2D eigenvalue weighted by Crippen LogP contribution is 2.26. The lowest BCUT2D eigenvalue weighted by Crippen LogP contribution is -2.21. The van der Waals surface area contributed by atoms with Crippen LogP contribution in [0.1, 0.15) is 22.8 Å². The lowest BCUT2D eigenvalue weighted by atomic mass is 10.1. The molecule has 0 aliphatic heterocycles. The van der Waals surface area contributed by atoms with Crippen molar-refractivity contribution in [1.29, 1.82) is 0 Å². The van der Waals surface area contributed by atoms with Crippen molar-refractivity contribution >= 4 is 16.9 Å². The lowest BCUT2D eigenvalue weighted by Gasteiger charge is -2.15. The van der Waals surface area contributed by atoms with Gasteiger partial charge in [0.25, 0.3) is 0 Å². The van der Waals surface area contributed by atoms with Gasteiger partial charge < -0.3 is 18.8 Å². The van der Waals surface area contributed by atoms with E-state index < -0.39 is 34.4 Å². The molecule has 3 aromatic carbocycles. The van der Waals surface area contributed by atoms with Crippen molar-refractivity contribution in [3.63, 3.8) is 0 Å². The third-order valence-corrected chi connectivity index (χ3v) is 5.28. The van der Waals surface area contributed by atoms with E-state index in [1.54, 1.807) is 38.3 Å². The van der Waals surface area contributed by atoms with Crippen molar-refractivity contribution in [3.05, 3.63) is 99.6 Å². The third kappa shape index (κ3) is 4.84. The Hall–Kier alpha value is -4.27. The summed E-state index contributed by atoms with van der Waals surface area (Å²) in [6.45, 7) is 1.71. The van der Waals surface area contributed by atoms with Crippen LogP contribution in [0, 0.1) is 17.5 Å². The predicted molar refractivity (Wildman–Crippen MR) is 123 cm³/mol. The van der Waals surface area contributed by atoms with Crippen LogP contribution >= 0.6 is 0 Å². The number of methoxy groups -OCH3 is 1. The molecule has 1 aromatic heterocycles. The van der Waals surface area contributed by atoms with E-state index in [1.807, 2.05) is 0 Å². The maximum atomic E-state index is 15.2. The molecule has 9 heteroatoms. The Morgan fingerprint density at radius 2 is 1.60 bits per heavy atom. The van der Waals surface area contributed by atoms with Crippen molar-refractivity contribution in [2.75, 3.05) is 13.7 Å². The van der Waals surface area contributed by atoms with Gasteiger partial charge in [0.1, 0.15) is 23.7 Å². The Bertz CT molecular complexity index is 1470. The summed E-state index contributed by atoms with van der Waals surface area (Å²) < 4.78 is 59.9. The molecule has 0 fully saturated rings. The lowest BCUT2D eigenvalue weighted by molar-refractivity contribution is 0.0524. The standard InChI is InChI=1S/C26H20F3NO5/c1-3-34-26(32)19-13-30(24-12-21(28)20(27)11-18(24)25(19)31)23-9-8-17(10-22(23)29)35-14-15-4-6-16(33-2)7-5-15/h4-13H,3,14H2,1-2H3. The normalized spacial score (nSPS) is 10.9. The smallest absolute Gasteiger partial charge is 0.343 e. The van der Waals surface area contributed by atoms with Crippen LogP contribution in [-0.4, -0.2) is 24.3 Å². The second-order valence-corrected chi connectivity index (χ2v) is 7.50. The molecule has 0 aliphatic carbocycles. The van der Waals surface area contributed by atoms with E-state index in [-0.39, 0.29) is 35.6 Å². The molecule has 35 heavy (non-hydrogen) atoms. The van der Waals surface area contributed by atoms with E-state index in [2.05, 4.69) is 0 Å². The largest absolute Gasteiger partial charge is 0.497 e. The maximum Gasteiger partial charge on any atom is 0.343 e. The summed E-state index contributed by atoms with van der Waals surface area (Å²) in [5, 5.41) is -0.298. The summed E-state index contributed by atoms with van der Waals surface area (Å²) in [5.41, 5.74) is -0.688. The Morgan fingerprint density at radius 1 is 0.914 bits per heavy atom. The molecule has 1 heterocycles. The van der Waals surface area contributed by atoms with Gasteiger partial charge in [-0.25, -0.2) is 18.0 Å². The molecule has 0 bridgehead atoms. The summed E-state index contributed by atoms with van der Waals surface area (Å²) in [6.07, 6.45) is 1.05. The first kappa shape index (κ1) is 23.9. The molecule has 0 spiro atoms. The van der Waals surface area contributed by atoms with Crippen molar-refractivity contribution in [2.24, 2.45) is 0 Å². The monoisotopic (exact) mass is 483 g/mol. The zero-order valence-electron chi connectivity index (χ0n) is 18.8. The van der Waals surface area contributed by atoms with Gasteiger partial charge in [0.15, 0.2) is 17.5 Å². The molecule has 0 atom stereocenters. The molecule has 0 N–H and O–H groups in total. The van der Waals surface area contributed by atoms with Crippen molar-refractivity contribution in [1.82, 2.24) is 4.57 Å².